The number of hydrogen-bond donors (Lipinski definition) is 0. The van der Waals surface area contributed by atoms with E-state index in [1.807, 2.05) is 17.9 Å². The predicted molar refractivity (Wildman–Crippen MR) is 66.2 cm³/mol. The van der Waals surface area contributed by atoms with Gasteiger partial charge >= 0.3 is 0 Å². The molecule has 2 atom stereocenters. The molecule has 0 spiro atoms. The van der Waals surface area contributed by atoms with Gasteiger partial charge in [-0.1, -0.05) is 28.8 Å². The second-order valence-electron chi connectivity index (χ2n) is 4.69. The Bertz CT molecular complexity index is 308. The molecule has 0 aliphatic heterocycles. The first-order valence-electron chi connectivity index (χ1n) is 5.85. The number of aromatic nitrogens is 2. The van der Waals surface area contributed by atoms with E-state index in [9.17, 15) is 0 Å². The molecule has 2 rings (SSSR count). The van der Waals surface area contributed by atoms with Gasteiger partial charge < -0.3 is 0 Å². The van der Waals surface area contributed by atoms with Crippen LogP contribution >= 0.6 is 15.9 Å². The molecule has 15 heavy (non-hydrogen) atoms. The maximum atomic E-state index is 4.20. The molecule has 0 bridgehead atoms. The van der Waals surface area contributed by atoms with Gasteiger partial charge in [-0.3, -0.25) is 4.68 Å². The van der Waals surface area contributed by atoms with Crippen LogP contribution in [0.25, 0.3) is 0 Å². The van der Waals surface area contributed by atoms with Crippen LogP contribution < -0.4 is 0 Å². The minimum Gasteiger partial charge on any atom is -0.276 e. The molecule has 1 saturated carbocycles. The molecule has 1 fully saturated rings. The fourth-order valence-corrected chi connectivity index (χ4v) is 3.31. The quantitative estimate of drug-likeness (QED) is 0.771. The lowest BCUT2D eigenvalue weighted by molar-refractivity contribution is 0.349. The van der Waals surface area contributed by atoms with E-state index in [1.54, 1.807) is 0 Å². The highest BCUT2D eigenvalue weighted by atomic mass is 79.9. The van der Waals surface area contributed by atoms with Crippen molar-refractivity contribution >= 4 is 15.9 Å². The summed E-state index contributed by atoms with van der Waals surface area (Å²) in [7, 11) is 1.98. The third kappa shape index (κ3) is 3.33. The largest absolute Gasteiger partial charge is 0.276 e. The summed E-state index contributed by atoms with van der Waals surface area (Å²) < 4.78 is 1.89. The summed E-state index contributed by atoms with van der Waals surface area (Å²) in [5.41, 5.74) is 1.38. The Labute approximate surface area is 100 Å². The number of rotatable bonds is 3. The molecule has 84 valence electrons. The molecule has 0 amide bonds. The van der Waals surface area contributed by atoms with E-state index in [1.165, 1.54) is 44.1 Å². The first-order valence-corrected chi connectivity index (χ1v) is 6.77. The van der Waals surface area contributed by atoms with Crippen LogP contribution in [0.1, 0.15) is 37.7 Å². The molecule has 0 saturated heterocycles. The molecular formula is C12H19BrN2. The molecule has 0 radical (unpaired) electrons. The van der Waals surface area contributed by atoms with Crippen molar-refractivity contribution in [3.63, 3.8) is 0 Å². The van der Waals surface area contributed by atoms with Gasteiger partial charge in [0.1, 0.15) is 0 Å². The molecule has 0 aromatic carbocycles. The van der Waals surface area contributed by atoms with E-state index in [4.69, 9.17) is 0 Å². The highest BCUT2D eigenvalue weighted by Crippen LogP contribution is 2.31. The van der Waals surface area contributed by atoms with Gasteiger partial charge in [-0.05, 0) is 37.2 Å². The Kier molecular flexibility index (Phi) is 3.84. The first-order chi connectivity index (χ1) is 7.24. The average Bonchev–Trinajstić information content (AvgIpc) is 2.62. The van der Waals surface area contributed by atoms with Gasteiger partial charge in [0.05, 0.1) is 6.20 Å². The molecule has 1 aromatic heterocycles. The van der Waals surface area contributed by atoms with Gasteiger partial charge in [-0.15, -0.1) is 0 Å². The Morgan fingerprint density at radius 3 is 3.07 bits per heavy atom. The van der Waals surface area contributed by atoms with Crippen LogP contribution in [-0.4, -0.2) is 14.6 Å². The van der Waals surface area contributed by atoms with Gasteiger partial charge in [-0.2, -0.15) is 5.10 Å². The summed E-state index contributed by atoms with van der Waals surface area (Å²) >= 11 is 3.74. The van der Waals surface area contributed by atoms with Gasteiger partial charge in [0.2, 0.25) is 0 Å². The van der Waals surface area contributed by atoms with Crippen LogP contribution in [0.2, 0.25) is 0 Å². The Morgan fingerprint density at radius 2 is 2.40 bits per heavy atom. The summed E-state index contributed by atoms with van der Waals surface area (Å²) in [6, 6.07) is 0. The highest BCUT2D eigenvalue weighted by Gasteiger charge is 2.19. The van der Waals surface area contributed by atoms with Gasteiger partial charge in [-0.25, -0.2) is 0 Å². The summed E-state index contributed by atoms with van der Waals surface area (Å²) in [4.78, 5) is 0.769. The zero-order valence-electron chi connectivity index (χ0n) is 9.32. The summed E-state index contributed by atoms with van der Waals surface area (Å²) in [5.74, 6) is 0.920. The van der Waals surface area contributed by atoms with E-state index in [2.05, 4.69) is 27.2 Å². The van der Waals surface area contributed by atoms with E-state index in [0.29, 0.717) is 0 Å². The minimum absolute atomic E-state index is 0.769. The lowest BCUT2D eigenvalue weighted by Crippen LogP contribution is -2.15. The third-order valence-electron chi connectivity index (χ3n) is 3.32. The van der Waals surface area contributed by atoms with Crippen molar-refractivity contribution in [3.8, 4) is 0 Å². The zero-order valence-corrected chi connectivity index (χ0v) is 10.9. The minimum atomic E-state index is 0.769. The summed E-state index contributed by atoms with van der Waals surface area (Å²) in [6.45, 7) is 0. The van der Waals surface area contributed by atoms with Gasteiger partial charge in [0.25, 0.3) is 0 Å². The number of alkyl halides is 1. The predicted octanol–water partition coefficient (Wildman–Crippen LogP) is 3.31. The second kappa shape index (κ2) is 5.15. The number of hydrogen-bond acceptors (Lipinski definition) is 1. The fraction of sp³-hybridized carbons (Fsp3) is 0.750. The Balaban J connectivity index is 1.77. The maximum absolute atomic E-state index is 4.20. The van der Waals surface area contributed by atoms with Crippen molar-refractivity contribution in [2.75, 3.05) is 0 Å². The standard InChI is InChI=1S/C12H19BrN2/c1-15-9-11(8-14-15)6-5-10-3-2-4-12(13)7-10/h8-10,12H,2-7H2,1H3. The Morgan fingerprint density at radius 1 is 1.53 bits per heavy atom. The van der Waals surface area contributed by atoms with Crippen molar-refractivity contribution in [1.29, 1.82) is 0 Å². The number of aryl methyl sites for hydroxylation is 2. The average molecular weight is 271 g/mol. The molecule has 1 heterocycles. The number of halogens is 1. The summed E-state index contributed by atoms with van der Waals surface area (Å²) in [6.07, 6.45) is 12.2. The number of nitrogens with zero attached hydrogens (tertiary/aromatic N) is 2. The van der Waals surface area contributed by atoms with Crippen molar-refractivity contribution < 1.29 is 0 Å². The lowest BCUT2D eigenvalue weighted by Gasteiger charge is -2.25. The van der Waals surface area contributed by atoms with Crippen molar-refractivity contribution in [2.45, 2.75) is 43.4 Å². The van der Waals surface area contributed by atoms with Crippen LogP contribution in [0.4, 0.5) is 0 Å². The van der Waals surface area contributed by atoms with Crippen molar-refractivity contribution in [1.82, 2.24) is 9.78 Å². The molecule has 2 unspecified atom stereocenters. The smallest absolute Gasteiger partial charge is 0.0521 e. The molecule has 2 nitrogen and oxygen atoms in total. The molecule has 1 aromatic rings. The highest BCUT2D eigenvalue weighted by molar-refractivity contribution is 9.09. The van der Waals surface area contributed by atoms with Gasteiger partial charge in [0.15, 0.2) is 0 Å². The normalized spacial score (nSPS) is 26.8. The molecule has 1 aliphatic rings. The maximum Gasteiger partial charge on any atom is 0.0521 e. The van der Waals surface area contributed by atoms with Crippen LogP contribution in [0.3, 0.4) is 0 Å². The van der Waals surface area contributed by atoms with E-state index in [0.717, 1.165) is 10.7 Å². The van der Waals surface area contributed by atoms with E-state index >= 15 is 0 Å². The molecule has 3 heteroatoms. The SMILES string of the molecule is Cn1cc(CCC2CCCC(Br)C2)cn1. The van der Waals surface area contributed by atoms with E-state index in [-0.39, 0.29) is 0 Å². The van der Waals surface area contributed by atoms with Crippen LogP contribution in [0.15, 0.2) is 12.4 Å². The van der Waals surface area contributed by atoms with E-state index < -0.39 is 0 Å². The van der Waals surface area contributed by atoms with Crippen LogP contribution in [-0.2, 0) is 13.5 Å². The molecular weight excluding hydrogens is 252 g/mol. The van der Waals surface area contributed by atoms with Crippen molar-refractivity contribution in [2.24, 2.45) is 13.0 Å². The van der Waals surface area contributed by atoms with Crippen LogP contribution in [0.5, 0.6) is 0 Å². The first kappa shape index (κ1) is 11.2. The topological polar surface area (TPSA) is 17.8 Å². The second-order valence-corrected chi connectivity index (χ2v) is 5.99. The van der Waals surface area contributed by atoms with Crippen LogP contribution in [0, 0.1) is 5.92 Å². The van der Waals surface area contributed by atoms with Crippen molar-refractivity contribution in [3.05, 3.63) is 18.0 Å². The lowest BCUT2D eigenvalue weighted by atomic mass is 9.85. The summed E-state index contributed by atoms with van der Waals surface area (Å²) in [5, 5.41) is 4.20. The molecule has 1 aliphatic carbocycles. The zero-order chi connectivity index (χ0) is 10.7. The molecule has 0 N–H and O–H groups in total. The monoisotopic (exact) mass is 270 g/mol. The van der Waals surface area contributed by atoms with Gasteiger partial charge in [0, 0.05) is 18.1 Å². The fourth-order valence-electron chi connectivity index (χ4n) is 2.46. The Hall–Kier alpha value is -0.310. The third-order valence-corrected chi connectivity index (χ3v) is 4.15.